The molecule has 0 aromatic heterocycles. The van der Waals surface area contributed by atoms with E-state index in [1.165, 1.54) is 12.1 Å². The summed E-state index contributed by atoms with van der Waals surface area (Å²) >= 11 is 0. The first-order valence-electron chi connectivity index (χ1n) is 10.3. The lowest BCUT2D eigenvalue weighted by molar-refractivity contribution is -0.137. The number of aldehydes is 1. The lowest BCUT2D eigenvalue weighted by Crippen LogP contribution is -2.51. The topological polar surface area (TPSA) is 108 Å². The van der Waals surface area contributed by atoms with E-state index in [0.717, 1.165) is 6.29 Å². The SMILES string of the molecule is CN(Cc1c(C=O)cccc1NCc1cc(OCCO)ccc1F)C1CCC(=O)NC1=O. The Morgan fingerprint density at radius 1 is 1.31 bits per heavy atom. The maximum absolute atomic E-state index is 14.3. The molecule has 0 bridgehead atoms. The van der Waals surface area contributed by atoms with Crippen LogP contribution in [0.25, 0.3) is 0 Å². The Kier molecular flexibility index (Phi) is 7.91. The third-order valence-electron chi connectivity index (χ3n) is 5.34. The Morgan fingerprint density at radius 3 is 2.84 bits per heavy atom. The maximum atomic E-state index is 14.3. The second-order valence-electron chi connectivity index (χ2n) is 7.55. The lowest BCUT2D eigenvalue weighted by Gasteiger charge is -2.30. The Bertz CT molecular complexity index is 998. The molecule has 3 N–H and O–H groups in total. The number of rotatable bonds is 10. The number of aliphatic hydroxyl groups is 1. The molecule has 1 unspecified atom stereocenters. The third-order valence-corrected chi connectivity index (χ3v) is 5.34. The number of nitrogens with one attached hydrogen (secondary N) is 2. The summed E-state index contributed by atoms with van der Waals surface area (Å²) in [5, 5.41) is 14.4. The van der Waals surface area contributed by atoms with Gasteiger partial charge in [-0.25, -0.2) is 4.39 Å². The molecule has 0 saturated carbocycles. The zero-order chi connectivity index (χ0) is 23.1. The van der Waals surface area contributed by atoms with Crippen LogP contribution in [-0.2, 0) is 22.7 Å². The standard InChI is InChI=1S/C23H26FN3O5/c1-27(21-7-8-22(30)26-23(21)31)13-18-15(14-29)3-2-4-20(18)25-12-16-11-17(32-10-9-28)5-6-19(16)24/h2-6,11,14,21,25,28H,7-10,12-13H2,1H3,(H,26,30,31). The van der Waals surface area contributed by atoms with Gasteiger partial charge in [0.2, 0.25) is 11.8 Å². The fourth-order valence-electron chi connectivity index (χ4n) is 3.65. The second kappa shape index (κ2) is 10.8. The van der Waals surface area contributed by atoms with Crippen LogP contribution in [0.5, 0.6) is 5.75 Å². The predicted octanol–water partition coefficient (Wildman–Crippen LogP) is 1.86. The Labute approximate surface area is 185 Å². The molecule has 170 valence electrons. The molecule has 0 radical (unpaired) electrons. The number of carbonyl (C=O) groups is 3. The van der Waals surface area contributed by atoms with Gasteiger partial charge >= 0.3 is 0 Å². The molecule has 2 aromatic rings. The summed E-state index contributed by atoms with van der Waals surface area (Å²) in [6, 6.07) is 9.03. The summed E-state index contributed by atoms with van der Waals surface area (Å²) in [6.45, 7) is 0.384. The van der Waals surface area contributed by atoms with E-state index in [9.17, 15) is 18.8 Å². The van der Waals surface area contributed by atoms with Crippen molar-refractivity contribution < 1.29 is 28.6 Å². The Morgan fingerprint density at radius 2 is 2.12 bits per heavy atom. The molecule has 1 saturated heterocycles. The number of ether oxygens (including phenoxy) is 1. The van der Waals surface area contributed by atoms with Gasteiger partial charge in [0.1, 0.15) is 24.5 Å². The minimum absolute atomic E-state index is 0.108. The van der Waals surface area contributed by atoms with Gasteiger partial charge in [-0.2, -0.15) is 0 Å². The van der Waals surface area contributed by atoms with E-state index in [2.05, 4.69) is 10.6 Å². The van der Waals surface area contributed by atoms with Crippen LogP contribution in [0.2, 0.25) is 0 Å². The molecular formula is C23H26FN3O5. The number of aliphatic hydroxyl groups excluding tert-OH is 1. The molecule has 8 nitrogen and oxygen atoms in total. The highest BCUT2D eigenvalue weighted by atomic mass is 19.1. The van der Waals surface area contributed by atoms with Gasteiger partial charge in [-0.1, -0.05) is 12.1 Å². The fraction of sp³-hybridized carbons (Fsp3) is 0.348. The van der Waals surface area contributed by atoms with Crippen LogP contribution in [0.3, 0.4) is 0 Å². The number of amides is 2. The van der Waals surface area contributed by atoms with Crippen molar-refractivity contribution in [1.29, 1.82) is 0 Å². The molecule has 2 aromatic carbocycles. The van der Waals surface area contributed by atoms with Crippen LogP contribution < -0.4 is 15.4 Å². The van der Waals surface area contributed by atoms with Crippen molar-refractivity contribution in [2.24, 2.45) is 0 Å². The summed E-state index contributed by atoms with van der Waals surface area (Å²) in [6.07, 6.45) is 1.40. The van der Waals surface area contributed by atoms with Crippen LogP contribution in [0.1, 0.15) is 34.3 Å². The third kappa shape index (κ3) is 5.68. The number of imide groups is 1. The number of likely N-dealkylation sites (N-methyl/N-ethyl adjacent to an activating group) is 1. The second-order valence-corrected chi connectivity index (χ2v) is 7.55. The van der Waals surface area contributed by atoms with Gasteiger partial charge in [0.15, 0.2) is 0 Å². The van der Waals surface area contributed by atoms with Crippen molar-refractivity contribution in [2.45, 2.75) is 32.0 Å². The van der Waals surface area contributed by atoms with Gasteiger partial charge in [-0.3, -0.25) is 24.6 Å². The van der Waals surface area contributed by atoms with Crippen LogP contribution in [0.15, 0.2) is 36.4 Å². The summed E-state index contributed by atoms with van der Waals surface area (Å²) in [4.78, 5) is 37.1. The van der Waals surface area contributed by atoms with Crippen molar-refractivity contribution in [3.63, 3.8) is 0 Å². The molecule has 1 aliphatic heterocycles. The minimum Gasteiger partial charge on any atom is -0.491 e. The maximum Gasteiger partial charge on any atom is 0.243 e. The summed E-state index contributed by atoms with van der Waals surface area (Å²) in [5.74, 6) is -0.620. The fourth-order valence-corrected chi connectivity index (χ4v) is 3.65. The van der Waals surface area contributed by atoms with Crippen molar-refractivity contribution in [1.82, 2.24) is 10.2 Å². The van der Waals surface area contributed by atoms with Crippen molar-refractivity contribution in [3.05, 3.63) is 58.9 Å². The molecular weight excluding hydrogens is 417 g/mol. The first-order valence-corrected chi connectivity index (χ1v) is 10.3. The smallest absolute Gasteiger partial charge is 0.243 e. The van der Waals surface area contributed by atoms with Crippen molar-refractivity contribution in [2.75, 3.05) is 25.6 Å². The Hall–Kier alpha value is -3.30. The summed E-state index contributed by atoms with van der Waals surface area (Å²) < 4.78 is 19.6. The molecule has 1 aliphatic rings. The normalized spacial score (nSPS) is 16.1. The number of piperidine rings is 1. The lowest BCUT2D eigenvalue weighted by atomic mass is 10.0. The molecule has 32 heavy (non-hydrogen) atoms. The highest BCUT2D eigenvalue weighted by Gasteiger charge is 2.30. The molecule has 3 rings (SSSR count). The molecule has 1 heterocycles. The van der Waals surface area contributed by atoms with Gasteiger partial charge in [0, 0.05) is 36.3 Å². The highest BCUT2D eigenvalue weighted by Crippen LogP contribution is 2.25. The van der Waals surface area contributed by atoms with E-state index in [-0.39, 0.29) is 44.5 Å². The van der Waals surface area contributed by atoms with Crippen LogP contribution >= 0.6 is 0 Å². The van der Waals surface area contributed by atoms with Gasteiger partial charge in [0.25, 0.3) is 0 Å². The molecule has 0 spiro atoms. The van der Waals surface area contributed by atoms with Gasteiger partial charge in [-0.05, 0) is 43.3 Å². The average molecular weight is 443 g/mol. The van der Waals surface area contributed by atoms with E-state index in [0.29, 0.717) is 34.5 Å². The quantitative estimate of drug-likeness (QED) is 0.380. The van der Waals surface area contributed by atoms with Gasteiger partial charge in [0.05, 0.1) is 12.6 Å². The number of nitrogens with zero attached hydrogens (tertiary/aromatic N) is 1. The van der Waals surface area contributed by atoms with Crippen molar-refractivity contribution in [3.8, 4) is 5.75 Å². The van der Waals surface area contributed by atoms with Crippen LogP contribution in [0, 0.1) is 5.82 Å². The largest absolute Gasteiger partial charge is 0.491 e. The number of anilines is 1. The molecule has 1 atom stereocenters. The summed E-state index contributed by atoms with van der Waals surface area (Å²) in [7, 11) is 1.76. The van der Waals surface area contributed by atoms with Gasteiger partial charge < -0.3 is 15.2 Å². The number of hydrogen-bond donors (Lipinski definition) is 3. The molecule has 9 heteroatoms. The number of carbonyl (C=O) groups excluding carboxylic acids is 3. The Balaban J connectivity index is 1.77. The highest BCUT2D eigenvalue weighted by molar-refractivity contribution is 6.00. The minimum atomic E-state index is -0.488. The first-order chi connectivity index (χ1) is 15.4. The predicted molar refractivity (Wildman–Crippen MR) is 116 cm³/mol. The first kappa shape index (κ1) is 23.4. The van der Waals surface area contributed by atoms with E-state index < -0.39 is 11.9 Å². The zero-order valence-corrected chi connectivity index (χ0v) is 17.8. The van der Waals surface area contributed by atoms with E-state index in [1.54, 1.807) is 36.2 Å². The van der Waals surface area contributed by atoms with Gasteiger partial charge in [-0.15, -0.1) is 0 Å². The summed E-state index contributed by atoms with van der Waals surface area (Å²) in [5.41, 5.74) is 2.12. The zero-order valence-electron chi connectivity index (χ0n) is 17.8. The number of hydrogen-bond acceptors (Lipinski definition) is 7. The van der Waals surface area contributed by atoms with E-state index in [1.807, 2.05) is 0 Å². The monoisotopic (exact) mass is 443 g/mol. The number of halogens is 1. The van der Waals surface area contributed by atoms with Crippen molar-refractivity contribution >= 4 is 23.8 Å². The van der Waals surface area contributed by atoms with E-state index in [4.69, 9.17) is 9.84 Å². The molecule has 0 aliphatic carbocycles. The van der Waals surface area contributed by atoms with Crippen LogP contribution in [-0.4, -0.2) is 54.4 Å². The number of benzene rings is 2. The van der Waals surface area contributed by atoms with Crippen LogP contribution in [0.4, 0.5) is 10.1 Å². The average Bonchev–Trinajstić information content (AvgIpc) is 2.78. The molecule has 2 amide bonds. The van der Waals surface area contributed by atoms with E-state index >= 15 is 0 Å². The molecule has 1 fully saturated rings.